The van der Waals surface area contributed by atoms with E-state index >= 15 is 0 Å². The largest absolute Gasteiger partial charge is 0.462 e. The fourth-order valence-electron chi connectivity index (χ4n) is 3.22. The molecule has 1 aliphatic heterocycles. The van der Waals surface area contributed by atoms with Gasteiger partial charge in [0.25, 0.3) is 0 Å². The molecule has 1 aromatic carbocycles. The van der Waals surface area contributed by atoms with E-state index in [1.54, 1.807) is 31.5 Å². The number of aromatic nitrogens is 1. The molecular formula is C20H25N3O4. The smallest absolute Gasteiger partial charge is 0.343 e. The fourth-order valence-corrected chi connectivity index (χ4v) is 3.22. The van der Waals surface area contributed by atoms with Crippen LogP contribution >= 0.6 is 0 Å². The highest BCUT2D eigenvalue weighted by Gasteiger charge is 2.30. The van der Waals surface area contributed by atoms with Crippen LogP contribution in [0.4, 0.5) is 0 Å². The maximum atomic E-state index is 12.7. The van der Waals surface area contributed by atoms with Crippen molar-refractivity contribution in [2.24, 2.45) is 5.92 Å². The van der Waals surface area contributed by atoms with Gasteiger partial charge in [-0.25, -0.2) is 4.79 Å². The average Bonchev–Trinajstić information content (AvgIpc) is 2.97. The Hall–Kier alpha value is -2.64. The highest BCUT2D eigenvalue weighted by Crippen LogP contribution is 2.21. The van der Waals surface area contributed by atoms with Crippen molar-refractivity contribution >= 4 is 5.97 Å². The number of nitrogens with zero attached hydrogens (tertiary/aromatic N) is 1. The molecule has 7 nitrogen and oxygen atoms in total. The first-order valence-corrected chi connectivity index (χ1v) is 9.14. The van der Waals surface area contributed by atoms with Crippen LogP contribution in [0.25, 0.3) is 0 Å². The van der Waals surface area contributed by atoms with Crippen molar-refractivity contribution < 1.29 is 14.3 Å². The number of hydrogen-bond donors (Lipinski definition) is 2. The Balaban J connectivity index is 1.97. The lowest BCUT2D eigenvalue weighted by Gasteiger charge is -2.20. The minimum absolute atomic E-state index is 0.0236. The number of esters is 1. The standard InChI is InChI=1S/C20H25N3O4/c1-4-26-20(25)17-11-23(10-16-13(2)21-22-14(16)3)12-18(19(17)24)27-15-8-6-5-7-9-15/h5-9,11-14,16,21-22H,4,10H2,1-3H3. The van der Waals surface area contributed by atoms with E-state index in [2.05, 4.69) is 24.7 Å². The fraction of sp³-hybridized carbons (Fsp3) is 0.400. The Morgan fingerprint density at radius 1 is 1.11 bits per heavy atom. The molecule has 1 fully saturated rings. The molecule has 1 saturated heterocycles. The molecule has 2 atom stereocenters. The predicted octanol–water partition coefficient (Wildman–Crippen LogP) is 2.32. The number of benzene rings is 1. The number of ether oxygens (including phenoxy) is 2. The number of hydrazine groups is 1. The summed E-state index contributed by atoms with van der Waals surface area (Å²) in [5, 5.41) is 0. The lowest BCUT2D eigenvalue weighted by molar-refractivity contribution is 0.0523. The molecule has 1 aliphatic rings. The van der Waals surface area contributed by atoms with Gasteiger partial charge in [-0.05, 0) is 32.9 Å². The van der Waals surface area contributed by atoms with E-state index in [0.29, 0.717) is 12.3 Å². The third-order valence-corrected chi connectivity index (χ3v) is 4.76. The van der Waals surface area contributed by atoms with Crippen LogP contribution in [0.15, 0.2) is 47.5 Å². The summed E-state index contributed by atoms with van der Waals surface area (Å²) < 4.78 is 12.6. The van der Waals surface area contributed by atoms with Crippen molar-refractivity contribution in [2.75, 3.05) is 6.61 Å². The van der Waals surface area contributed by atoms with Crippen LogP contribution in [0, 0.1) is 5.92 Å². The van der Waals surface area contributed by atoms with E-state index in [1.807, 2.05) is 22.8 Å². The zero-order valence-corrected chi connectivity index (χ0v) is 15.8. The number of rotatable bonds is 6. The highest BCUT2D eigenvalue weighted by atomic mass is 16.5. The molecule has 0 amide bonds. The minimum atomic E-state index is -0.640. The second-order valence-electron chi connectivity index (χ2n) is 6.73. The molecule has 7 heteroatoms. The molecule has 0 spiro atoms. The first-order valence-electron chi connectivity index (χ1n) is 9.14. The molecule has 2 aromatic rings. The van der Waals surface area contributed by atoms with Crippen LogP contribution in [-0.2, 0) is 11.3 Å². The Labute approximate surface area is 158 Å². The molecular weight excluding hydrogens is 346 g/mol. The van der Waals surface area contributed by atoms with Gasteiger partial charge in [-0.15, -0.1) is 0 Å². The molecule has 3 rings (SSSR count). The summed E-state index contributed by atoms with van der Waals surface area (Å²) >= 11 is 0. The number of carbonyl (C=O) groups is 1. The quantitative estimate of drug-likeness (QED) is 0.759. The molecule has 2 N–H and O–H groups in total. The topological polar surface area (TPSA) is 81.6 Å². The van der Waals surface area contributed by atoms with Crippen LogP contribution in [0.1, 0.15) is 31.1 Å². The van der Waals surface area contributed by atoms with Gasteiger partial charge in [0.1, 0.15) is 11.3 Å². The van der Waals surface area contributed by atoms with Gasteiger partial charge in [-0.3, -0.25) is 15.6 Å². The Morgan fingerprint density at radius 2 is 1.78 bits per heavy atom. The molecule has 0 saturated carbocycles. The second kappa shape index (κ2) is 8.37. The highest BCUT2D eigenvalue weighted by molar-refractivity contribution is 5.89. The van der Waals surface area contributed by atoms with Crippen LogP contribution in [0.2, 0.25) is 0 Å². The molecule has 0 aliphatic carbocycles. The summed E-state index contributed by atoms with van der Waals surface area (Å²) in [6, 6.07) is 9.53. The number of carbonyl (C=O) groups excluding carboxylic acids is 1. The Morgan fingerprint density at radius 3 is 2.41 bits per heavy atom. The average molecular weight is 371 g/mol. The normalized spacial score (nSPS) is 21.8. The van der Waals surface area contributed by atoms with E-state index in [1.165, 1.54) is 0 Å². The summed E-state index contributed by atoms with van der Waals surface area (Å²) in [5.74, 6) is 0.282. The van der Waals surface area contributed by atoms with Crippen molar-refractivity contribution in [3.8, 4) is 11.5 Å². The lowest BCUT2D eigenvalue weighted by atomic mass is 9.96. The van der Waals surface area contributed by atoms with Crippen molar-refractivity contribution in [1.29, 1.82) is 0 Å². The summed E-state index contributed by atoms with van der Waals surface area (Å²) in [4.78, 5) is 25.0. The van der Waals surface area contributed by atoms with Gasteiger partial charge in [0, 0.05) is 30.7 Å². The van der Waals surface area contributed by atoms with Gasteiger partial charge in [0.05, 0.1) is 12.8 Å². The van der Waals surface area contributed by atoms with Crippen LogP contribution in [0.5, 0.6) is 11.5 Å². The van der Waals surface area contributed by atoms with Crippen molar-refractivity contribution in [3.63, 3.8) is 0 Å². The van der Waals surface area contributed by atoms with Gasteiger partial charge in [-0.2, -0.15) is 0 Å². The molecule has 144 valence electrons. The maximum absolute atomic E-state index is 12.7. The molecule has 2 heterocycles. The van der Waals surface area contributed by atoms with Crippen LogP contribution in [0.3, 0.4) is 0 Å². The summed E-state index contributed by atoms with van der Waals surface area (Å²) in [6.45, 7) is 6.72. The van der Waals surface area contributed by atoms with E-state index < -0.39 is 11.4 Å². The number of para-hydroxylation sites is 1. The molecule has 2 unspecified atom stereocenters. The van der Waals surface area contributed by atoms with Gasteiger partial charge < -0.3 is 14.0 Å². The van der Waals surface area contributed by atoms with Crippen molar-refractivity contribution in [3.05, 3.63) is 58.5 Å². The van der Waals surface area contributed by atoms with Gasteiger partial charge >= 0.3 is 5.97 Å². The predicted molar refractivity (Wildman–Crippen MR) is 102 cm³/mol. The third kappa shape index (κ3) is 4.37. The van der Waals surface area contributed by atoms with E-state index in [9.17, 15) is 9.59 Å². The monoisotopic (exact) mass is 371 g/mol. The zero-order valence-electron chi connectivity index (χ0n) is 15.8. The minimum Gasteiger partial charge on any atom is -0.462 e. The Kier molecular flexibility index (Phi) is 5.93. The van der Waals surface area contributed by atoms with Crippen molar-refractivity contribution in [2.45, 2.75) is 39.4 Å². The summed E-state index contributed by atoms with van der Waals surface area (Å²) in [7, 11) is 0. The summed E-state index contributed by atoms with van der Waals surface area (Å²) in [5.41, 5.74) is 5.93. The van der Waals surface area contributed by atoms with E-state index in [0.717, 1.165) is 0 Å². The molecule has 1 aromatic heterocycles. The SMILES string of the molecule is CCOC(=O)c1cn(CC2C(C)NNC2C)cc(Oc2ccccc2)c1=O. The molecule has 0 radical (unpaired) electrons. The third-order valence-electron chi connectivity index (χ3n) is 4.76. The van der Waals surface area contributed by atoms with Gasteiger partial charge in [0.2, 0.25) is 5.43 Å². The first-order chi connectivity index (χ1) is 13.0. The number of hydrogen-bond acceptors (Lipinski definition) is 6. The first kappa shape index (κ1) is 19.1. The van der Waals surface area contributed by atoms with Crippen LogP contribution in [-0.4, -0.2) is 29.2 Å². The lowest BCUT2D eigenvalue weighted by Crippen LogP contribution is -2.30. The van der Waals surface area contributed by atoms with Gasteiger partial charge in [-0.1, -0.05) is 18.2 Å². The number of pyridine rings is 1. The molecule has 27 heavy (non-hydrogen) atoms. The maximum Gasteiger partial charge on any atom is 0.343 e. The summed E-state index contributed by atoms with van der Waals surface area (Å²) in [6.07, 6.45) is 3.20. The number of nitrogens with one attached hydrogen (secondary N) is 2. The van der Waals surface area contributed by atoms with Crippen LogP contribution < -0.4 is 21.0 Å². The van der Waals surface area contributed by atoms with E-state index in [4.69, 9.17) is 9.47 Å². The van der Waals surface area contributed by atoms with E-state index in [-0.39, 0.29) is 35.9 Å². The zero-order chi connectivity index (χ0) is 19.4. The van der Waals surface area contributed by atoms with Crippen molar-refractivity contribution in [1.82, 2.24) is 15.4 Å². The molecule has 0 bridgehead atoms. The second-order valence-corrected chi connectivity index (χ2v) is 6.73. The van der Waals surface area contributed by atoms with Gasteiger partial charge in [0.15, 0.2) is 5.75 Å². The Bertz CT molecular complexity index is 840.